The maximum absolute atomic E-state index is 12.9. The van der Waals surface area contributed by atoms with Gasteiger partial charge in [0.2, 0.25) is 5.91 Å². The van der Waals surface area contributed by atoms with Crippen LogP contribution >= 0.6 is 0 Å². The molecule has 0 spiro atoms. The summed E-state index contributed by atoms with van der Waals surface area (Å²) in [6.45, 7) is 4.99. The number of carbonyl (C=O) groups excluding carboxylic acids is 1. The van der Waals surface area contributed by atoms with E-state index in [0.717, 1.165) is 22.6 Å². The van der Waals surface area contributed by atoms with Gasteiger partial charge in [0.15, 0.2) is 0 Å². The van der Waals surface area contributed by atoms with Crippen molar-refractivity contribution in [2.24, 2.45) is 11.1 Å². The Morgan fingerprint density at radius 2 is 1.82 bits per heavy atom. The summed E-state index contributed by atoms with van der Waals surface area (Å²) in [4.78, 5) is 14.6. The van der Waals surface area contributed by atoms with Crippen LogP contribution < -0.4 is 5.14 Å². The Balaban J connectivity index is 1.69. The lowest BCUT2D eigenvalue weighted by atomic mass is 9.96. The van der Waals surface area contributed by atoms with Gasteiger partial charge in [0.05, 0.1) is 11.4 Å². The van der Waals surface area contributed by atoms with Gasteiger partial charge in [-0.1, -0.05) is 18.2 Å². The number of carbonyl (C=O) groups is 1. The van der Waals surface area contributed by atoms with E-state index < -0.39 is 10.2 Å². The molecule has 0 radical (unpaired) electrons. The van der Waals surface area contributed by atoms with Crippen molar-refractivity contribution in [3.05, 3.63) is 47.3 Å². The predicted molar refractivity (Wildman–Crippen MR) is 107 cm³/mol. The third-order valence-corrected chi connectivity index (χ3v) is 6.46. The number of hydrogen-bond acceptors (Lipinski definition) is 4. The maximum Gasteiger partial charge on any atom is 0.276 e. The van der Waals surface area contributed by atoms with Crippen LogP contribution in [-0.2, 0) is 21.5 Å². The van der Waals surface area contributed by atoms with Crippen LogP contribution in [-0.4, -0.2) is 53.4 Å². The zero-order valence-electron chi connectivity index (χ0n) is 16.5. The molecular formula is C19H27N5O3S. The Kier molecular flexibility index (Phi) is 5.87. The standard InChI is InChI=1S/C19H27N5O3S/c1-14-18(15(2)24(21-14)17-7-5-4-6-8-17)13-22(3)19(25)16-9-11-23(12-10-16)28(20,26)27/h4-8,16H,9-13H2,1-3H3,(H2,20,26,27). The first-order valence-corrected chi connectivity index (χ1v) is 10.8. The van der Waals surface area contributed by atoms with E-state index in [9.17, 15) is 13.2 Å². The smallest absolute Gasteiger partial charge is 0.276 e. The van der Waals surface area contributed by atoms with Crippen LogP contribution in [0.4, 0.5) is 0 Å². The molecule has 2 heterocycles. The van der Waals surface area contributed by atoms with Crippen molar-refractivity contribution in [3.8, 4) is 5.69 Å². The first kappa shape index (κ1) is 20.5. The fraction of sp³-hybridized carbons (Fsp3) is 0.474. The second kappa shape index (κ2) is 8.02. The summed E-state index contributed by atoms with van der Waals surface area (Å²) in [5.41, 5.74) is 3.91. The first-order chi connectivity index (χ1) is 13.2. The number of amides is 1. The number of aromatic nitrogens is 2. The van der Waals surface area contributed by atoms with Crippen molar-refractivity contribution in [1.82, 2.24) is 19.0 Å². The predicted octanol–water partition coefficient (Wildman–Crippen LogP) is 1.36. The van der Waals surface area contributed by atoms with Crippen LogP contribution in [0.5, 0.6) is 0 Å². The van der Waals surface area contributed by atoms with Gasteiger partial charge in [0.25, 0.3) is 10.2 Å². The normalized spacial score (nSPS) is 16.3. The lowest BCUT2D eigenvalue weighted by Gasteiger charge is -2.31. The van der Waals surface area contributed by atoms with E-state index in [1.165, 1.54) is 4.31 Å². The summed E-state index contributed by atoms with van der Waals surface area (Å²) in [7, 11) is -1.90. The topological polar surface area (TPSA) is 102 Å². The van der Waals surface area contributed by atoms with Crippen molar-refractivity contribution in [2.45, 2.75) is 33.2 Å². The summed E-state index contributed by atoms with van der Waals surface area (Å²) in [5.74, 6) is -0.159. The molecule has 2 aromatic rings. The second-order valence-corrected chi connectivity index (χ2v) is 8.86. The highest BCUT2D eigenvalue weighted by Gasteiger charge is 2.31. The molecular weight excluding hydrogens is 378 g/mol. The van der Waals surface area contributed by atoms with Gasteiger partial charge < -0.3 is 4.90 Å². The Morgan fingerprint density at radius 1 is 1.21 bits per heavy atom. The maximum atomic E-state index is 12.9. The minimum atomic E-state index is -3.68. The van der Waals surface area contributed by atoms with E-state index in [-0.39, 0.29) is 24.9 Å². The molecule has 1 amide bonds. The zero-order chi connectivity index (χ0) is 20.5. The van der Waals surface area contributed by atoms with Crippen LogP contribution in [0.2, 0.25) is 0 Å². The fourth-order valence-corrected chi connectivity index (χ4v) is 4.43. The Morgan fingerprint density at radius 3 is 2.39 bits per heavy atom. The molecule has 1 aromatic carbocycles. The molecule has 152 valence electrons. The van der Waals surface area contributed by atoms with Crippen LogP contribution in [0.1, 0.15) is 29.8 Å². The van der Waals surface area contributed by atoms with Crippen molar-refractivity contribution in [3.63, 3.8) is 0 Å². The van der Waals surface area contributed by atoms with Gasteiger partial charge in [0.1, 0.15) is 0 Å². The average molecular weight is 406 g/mol. The molecule has 0 aliphatic carbocycles. The molecule has 1 fully saturated rings. The van der Waals surface area contributed by atoms with E-state index in [2.05, 4.69) is 5.10 Å². The summed E-state index contributed by atoms with van der Waals surface area (Å²) in [5, 5.41) is 9.80. The van der Waals surface area contributed by atoms with Crippen molar-refractivity contribution in [2.75, 3.05) is 20.1 Å². The van der Waals surface area contributed by atoms with E-state index in [4.69, 9.17) is 5.14 Å². The molecule has 0 bridgehead atoms. The molecule has 3 rings (SSSR count). The number of para-hydroxylation sites is 1. The largest absolute Gasteiger partial charge is 0.341 e. The summed E-state index contributed by atoms with van der Waals surface area (Å²) in [6.07, 6.45) is 0.974. The fourth-order valence-electron chi connectivity index (χ4n) is 3.71. The van der Waals surface area contributed by atoms with Gasteiger partial charge in [-0.15, -0.1) is 0 Å². The number of aryl methyl sites for hydroxylation is 1. The Hall–Kier alpha value is -2.23. The van der Waals surface area contributed by atoms with E-state index >= 15 is 0 Å². The second-order valence-electron chi connectivity index (χ2n) is 7.31. The third kappa shape index (κ3) is 4.26. The molecule has 1 saturated heterocycles. The van der Waals surface area contributed by atoms with E-state index in [1.807, 2.05) is 48.9 Å². The molecule has 2 N–H and O–H groups in total. The molecule has 1 aliphatic heterocycles. The molecule has 1 aromatic heterocycles. The Bertz CT molecular complexity index is 947. The minimum absolute atomic E-state index is 0.0281. The van der Waals surface area contributed by atoms with Gasteiger partial charge in [-0.25, -0.2) is 9.82 Å². The van der Waals surface area contributed by atoms with Crippen molar-refractivity contribution >= 4 is 16.1 Å². The van der Waals surface area contributed by atoms with Gasteiger partial charge in [-0.3, -0.25) is 4.79 Å². The molecule has 28 heavy (non-hydrogen) atoms. The summed E-state index contributed by atoms with van der Waals surface area (Å²) < 4.78 is 26.0. The Labute approximate surface area is 166 Å². The lowest BCUT2D eigenvalue weighted by Crippen LogP contribution is -2.45. The molecule has 9 heteroatoms. The number of hydrogen-bond donors (Lipinski definition) is 1. The van der Waals surface area contributed by atoms with Crippen LogP contribution in [0.3, 0.4) is 0 Å². The first-order valence-electron chi connectivity index (χ1n) is 9.32. The molecule has 0 saturated carbocycles. The van der Waals surface area contributed by atoms with Gasteiger partial charge in [-0.2, -0.15) is 17.8 Å². The van der Waals surface area contributed by atoms with Crippen molar-refractivity contribution < 1.29 is 13.2 Å². The SMILES string of the molecule is Cc1nn(-c2ccccc2)c(C)c1CN(C)C(=O)C1CCN(S(N)(=O)=O)CC1. The van der Waals surface area contributed by atoms with Crippen LogP contribution in [0, 0.1) is 19.8 Å². The van der Waals surface area contributed by atoms with Crippen LogP contribution in [0.15, 0.2) is 30.3 Å². The molecule has 8 nitrogen and oxygen atoms in total. The summed E-state index contributed by atoms with van der Waals surface area (Å²) >= 11 is 0. The number of nitrogens with two attached hydrogens (primary N) is 1. The molecule has 0 atom stereocenters. The lowest BCUT2D eigenvalue weighted by molar-refractivity contribution is -0.135. The monoisotopic (exact) mass is 405 g/mol. The highest BCUT2D eigenvalue weighted by Crippen LogP contribution is 2.23. The van der Waals surface area contributed by atoms with Crippen molar-refractivity contribution in [1.29, 1.82) is 0 Å². The highest BCUT2D eigenvalue weighted by atomic mass is 32.2. The number of piperidine rings is 1. The number of nitrogens with zero attached hydrogens (tertiary/aromatic N) is 4. The quantitative estimate of drug-likeness (QED) is 0.811. The number of benzene rings is 1. The van der Waals surface area contributed by atoms with Crippen LogP contribution in [0.25, 0.3) is 5.69 Å². The molecule has 0 unspecified atom stereocenters. The van der Waals surface area contributed by atoms with Gasteiger partial charge >= 0.3 is 0 Å². The van der Waals surface area contributed by atoms with E-state index in [1.54, 1.807) is 11.9 Å². The van der Waals surface area contributed by atoms with E-state index in [0.29, 0.717) is 19.4 Å². The highest BCUT2D eigenvalue weighted by molar-refractivity contribution is 7.86. The number of rotatable bonds is 5. The average Bonchev–Trinajstić information content (AvgIpc) is 2.95. The third-order valence-electron chi connectivity index (χ3n) is 5.38. The van der Waals surface area contributed by atoms with Gasteiger partial charge in [0, 0.05) is 43.9 Å². The molecule has 1 aliphatic rings. The zero-order valence-corrected chi connectivity index (χ0v) is 17.3. The minimum Gasteiger partial charge on any atom is -0.341 e. The summed E-state index contributed by atoms with van der Waals surface area (Å²) in [6, 6.07) is 9.89. The van der Waals surface area contributed by atoms with Gasteiger partial charge in [-0.05, 0) is 38.8 Å².